The first-order valence-electron chi connectivity index (χ1n) is 1.55. The zero-order valence-corrected chi connectivity index (χ0v) is 7.61. The Balaban J connectivity index is 0. The van der Waals surface area contributed by atoms with E-state index in [1.165, 1.54) is 0 Å². The Labute approximate surface area is 81.7 Å². The summed E-state index contributed by atoms with van der Waals surface area (Å²) in [6, 6.07) is 0. The molecule has 0 fully saturated rings. The first-order valence-corrected chi connectivity index (χ1v) is 1.55. The van der Waals surface area contributed by atoms with Crippen molar-refractivity contribution in [3.8, 4) is 0 Å². The van der Waals surface area contributed by atoms with Crippen molar-refractivity contribution in [2.24, 2.45) is 0 Å². The smallest absolute Gasteiger partial charge is 0 e. The second kappa shape index (κ2) is 6.12. The SMILES string of the molecule is C=CC(=C)C.[K]. The van der Waals surface area contributed by atoms with Gasteiger partial charge in [0.15, 0.2) is 0 Å². The summed E-state index contributed by atoms with van der Waals surface area (Å²) in [5.41, 5.74) is 1.02. The quantitative estimate of drug-likeness (QED) is 0.350. The molecule has 0 aromatic carbocycles. The predicted octanol–water partition coefficient (Wildman–Crippen LogP) is 1.37. The van der Waals surface area contributed by atoms with Gasteiger partial charge in [-0.05, 0) is 6.92 Å². The molecule has 0 nitrogen and oxygen atoms in total. The first kappa shape index (κ1) is 10.2. The normalized spacial score (nSPS) is 5.50. The molecule has 29 valence electrons. The number of allylic oxidation sites excluding steroid dienone is 2. The van der Waals surface area contributed by atoms with Gasteiger partial charge >= 0.3 is 0 Å². The third-order valence-electron chi connectivity index (χ3n) is 0.348. The van der Waals surface area contributed by atoms with Crippen LogP contribution < -0.4 is 0 Å². The van der Waals surface area contributed by atoms with E-state index in [9.17, 15) is 0 Å². The van der Waals surface area contributed by atoms with Crippen molar-refractivity contribution < 1.29 is 0 Å². The van der Waals surface area contributed by atoms with E-state index >= 15 is 0 Å². The van der Waals surface area contributed by atoms with E-state index in [-0.39, 0.29) is 51.4 Å². The molecule has 0 amide bonds. The summed E-state index contributed by atoms with van der Waals surface area (Å²) in [6.45, 7) is 8.93. The molecule has 0 atom stereocenters. The van der Waals surface area contributed by atoms with Gasteiger partial charge in [0.05, 0.1) is 0 Å². The molecule has 0 aliphatic heterocycles. The van der Waals surface area contributed by atoms with E-state index in [1.54, 1.807) is 6.08 Å². The summed E-state index contributed by atoms with van der Waals surface area (Å²) in [7, 11) is 0. The molecule has 0 unspecified atom stereocenters. The Hall–Kier alpha value is 1.12. The van der Waals surface area contributed by atoms with E-state index in [4.69, 9.17) is 0 Å². The van der Waals surface area contributed by atoms with Crippen LogP contribution in [-0.4, -0.2) is 51.4 Å². The van der Waals surface area contributed by atoms with E-state index in [0.29, 0.717) is 0 Å². The minimum absolute atomic E-state index is 0. The van der Waals surface area contributed by atoms with Crippen molar-refractivity contribution in [3.05, 3.63) is 24.8 Å². The monoisotopic (exact) mass is 107 g/mol. The maximum absolute atomic E-state index is 3.56. The van der Waals surface area contributed by atoms with Gasteiger partial charge in [0.1, 0.15) is 0 Å². The minimum atomic E-state index is 0. The van der Waals surface area contributed by atoms with Gasteiger partial charge in [-0.3, -0.25) is 0 Å². The summed E-state index contributed by atoms with van der Waals surface area (Å²) in [6.07, 6.45) is 1.72. The van der Waals surface area contributed by atoms with Crippen molar-refractivity contribution in [3.63, 3.8) is 0 Å². The van der Waals surface area contributed by atoms with Crippen LogP contribution in [0.15, 0.2) is 24.8 Å². The largest absolute Gasteiger partial charge is 0.0988 e. The standard InChI is InChI=1S/C5H8.K/c1-4-5(2)3;/h4H,1-2H2,3H3;. The van der Waals surface area contributed by atoms with Crippen LogP contribution >= 0.6 is 0 Å². The maximum Gasteiger partial charge on any atom is 0 e. The Morgan fingerprint density at radius 1 is 1.67 bits per heavy atom. The molecule has 0 rings (SSSR count). The predicted molar refractivity (Wildman–Crippen MR) is 30.8 cm³/mol. The first-order chi connectivity index (χ1) is 2.27. The molecule has 0 aromatic heterocycles. The van der Waals surface area contributed by atoms with Crippen molar-refractivity contribution in [2.75, 3.05) is 0 Å². The van der Waals surface area contributed by atoms with Gasteiger partial charge in [-0.25, -0.2) is 0 Å². The topological polar surface area (TPSA) is 0 Å². The van der Waals surface area contributed by atoms with Crippen LogP contribution in [0.25, 0.3) is 0 Å². The second-order valence-corrected chi connectivity index (χ2v) is 1.05. The molecule has 1 heteroatoms. The molecule has 0 aromatic rings. The average Bonchev–Trinajstić information content (AvgIpc) is 1.38. The van der Waals surface area contributed by atoms with Crippen molar-refractivity contribution >= 4 is 51.4 Å². The zero-order chi connectivity index (χ0) is 4.28. The van der Waals surface area contributed by atoms with Gasteiger partial charge in [0.25, 0.3) is 0 Å². The number of rotatable bonds is 1. The molecule has 0 saturated carbocycles. The third-order valence-corrected chi connectivity index (χ3v) is 0.348. The summed E-state index contributed by atoms with van der Waals surface area (Å²) in [5, 5.41) is 0. The van der Waals surface area contributed by atoms with Gasteiger partial charge in [-0.15, -0.1) is 0 Å². The van der Waals surface area contributed by atoms with Crippen LogP contribution in [-0.2, 0) is 0 Å². The fourth-order valence-corrected chi connectivity index (χ4v) is 0. The average molecular weight is 107 g/mol. The van der Waals surface area contributed by atoms with Gasteiger partial charge in [0, 0.05) is 51.4 Å². The Bertz CT molecular complexity index is 55.0. The molecule has 0 N–H and O–H groups in total. The van der Waals surface area contributed by atoms with Crippen LogP contribution in [0, 0.1) is 0 Å². The van der Waals surface area contributed by atoms with Gasteiger partial charge in [-0.1, -0.05) is 24.8 Å². The summed E-state index contributed by atoms with van der Waals surface area (Å²) in [5.74, 6) is 0. The molecule has 0 heterocycles. The molecule has 1 radical (unpaired) electrons. The Morgan fingerprint density at radius 3 is 1.83 bits per heavy atom. The number of hydrogen-bond acceptors (Lipinski definition) is 0. The van der Waals surface area contributed by atoms with E-state index in [1.807, 2.05) is 6.92 Å². The van der Waals surface area contributed by atoms with Crippen LogP contribution in [0.5, 0.6) is 0 Å². The number of hydrogen-bond donors (Lipinski definition) is 0. The third kappa shape index (κ3) is 8.93. The fourth-order valence-electron chi connectivity index (χ4n) is 0. The molecule has 0 spiro atoms. The minimum Gasteiger partial charge on any atom is -0.0988 e. The van der Waals surface area contributed by atoms with Crippen LogP contribution in [0.3, 0.4) is 0 Å². The van der Waals surface area contributed by atoms with Gasteiger partial charge < -0.3 is 0 Å². The van der Waals surface area contributed by atoms with Crippen LogP contribution in [0.4, 0.5) is 0 Å². The Kier molecular flexibility index (Phi) is 10.4. The Morgan fingerprint density at radius 2 is 1.83 bits per heavy atom. The summed E-state index contributed by atoms with van der Waals surface area (Å²) >= 11 is 0. The fraction of sp³-hybridized carbons (Fsp3) is 0.200. The van der Waals surface area contributed by atoms with E-state index in [2.05, 4.69) is 13.2 Å². The van der Waals surface area contributed by atoms with Crippen LogP contribution in [0.2, 0.25) is 0 Å². The molecule has 0 saturated heterocycles. The van der Waals surface area contributed by atoms with Crippen molar-refractivity contribution in [1.82, 2.24) is 0 Å². The molecular formula is C5H8K. The summed E-state index contributed by atoms with van der Waals surface area (Å²) in [4.78, 5) is 0. The molecule has 0 bridgehead atoms. The van der Waals surface area contributed by atoms with E-state index < -0.39 is 0 Å². The van der Waals surface area contributed by atoms with E-state index in [0.717, 1.165) is 5.57 Å². The van der Waals surface area contributed by atoms with Crippen LogP contribution in [0.1, 0.15) is 6.92 Å². The summed E-state index contributed by atoms with van der Waals surface area (Å²) < 4.78 is 0. The molecule has 0 aliphatic carbocycles. The molecule has 0 aliphatic rings. The molecular weight excluding hydrogens is 99.2 g/mol. The maximum atomic E-state index is 3.56. The zero-order valence-electron chi connectivity index (χ0n) is 4.49. The van der Waals surface area contributed by atoms with Crippen molar-refractivity contribution in [2.45, 2.75) is 6.92 Å². The van der Waals surface area contributed by atoms with Crippen molar-refractivity contribution in [1.29, 1.82) is 0 Å². The molecule has 6 heavy (non-hydrogen) atoms. The van der Waals surface area contributed by atoms with Gasteiger partial charge in [-0.2, -0.15) is 0 Å². The van der Waals surface area contributed by atoms with Gasteiger partial charge in [0.2, 0.25) is 0 Å². The second-order valence-electron chi connectivity index (χ2n) is 1.05.